The van der Waals surface area contributed by atoms with Crippen molar-refractivity contribution in [2.75, 3.05) is 14.1 Å². The Balaban J connectivity index is 0.00000625. The Morgan fingerprint density at radius 1 is 0.923 bits per heavy atom. The molecule has 5 heteroatoms. The molecule has 1 aromatic carbocycles. The summed E-state index contributed by atoms with van der Waals surface area (Å²) in [5.74, 6) is 0. The number of rotatable bonds is 14. The molecular formula is C21H37ClN2O2. The van der Waals surface area contributed by atoms with Gasteiger partial charge in [-0.1, -0.05) is 88.6 Å². The number of quaternary nitrogens is 1. The highest BCUT2D eigenvalue weighted by Crippen LogP contribution is 2.20. The van der Waals surface area contributed by atoms with Crippen molar-refractivity contribution in [2.45, 2.75) is 83.8 Å². The van der Waals surface area contributed by atoms with Gasteiger partial charge in [0.1, 0.15) is 6.54 Å². The van der Waals surface area contributed by atoms with Crippen molar-refractivity contribution in [1.82, 2.24) is 0 Å². The number of nitro groups is 1. The normalized spacial score (nSPS) is 12.4. The third-order valence-electron chi connectivity index (χ3n) is 5.05. The SMILES string of the molecule is CCCCCCCCCCCC([N+](=O)[O-])[N+](C)(C)Cc1ccccc1.[Cl-]. The minimum Gasteiger partial charge on any atom is -1.00 e. The molecular weight excluding hydrogens is 348 g/mol. The Morgan fingerprint density at radius 3 is 1.92 bits per heavy atom. The van der Waals surface area contributed by atoms with E-state index in [1.807, 2.05) is 32.3 Å². The van der Waals surface area contributed by atoms with E-state index in [0.29, 0.717) is 17.4 Å². The molecule has 0 aromatic heterocycles. The smallest absolute Gasteiger partial charge is 0.336 e. The minimum atomic E-state index is -0.523. The van der Waals surface area contributed by atoms with Crippen LogP contribution in [0.15, 0.2) is 30.3 Å². The summed E-state index contributed by atoms with van der Waals surface area (Å²) in [7, 11) is 3.96. The van der Waals surface area contributed by atoms with Crippen molar-refractivity contribution in [1.29, 1.82) is 0 Å². The van der Waals surface area contributed by atoms with E-state index in [2.05, 4.69) is 19.1 Å². The molecule has 0 N–H and O–H groups in total. The lowest BCUT2D eigenvalue weighted by Crippen LogP contribution is -3.00. The molecule has 0 saturated heterocycles. The fourth-order valence-corrected chi connectivity index (χ4v) is 3.51. The minimum absolute atomic E-state index is 0. The second-order valence-electron chi connectivity index (χ2n) is 7.81. The predicted molar refractivity (Wildman–Crippen MR) is 105 cm³/mol. The van der Waals surface area contributed by atoms with Crippen LogP contribution < -0.4 is 12.4 Å². The second kappa shape index (κ2) is 14.0. The fourth-order valence-electron chi connectivity index (χ4n) is 3.51. The molecule has 0 aliphatic carbocycles. The van der Waals surface area contributed by atoms with Crippen LogP contribution >= 0.6 is 0 Å². The van der Waals surface area contributed by atoms with Crippen LogP contribution in [-0.2, 0) is 6.54 Å². The van der Waals surface area contributed by atoms with E-state index >= 15 is 0 Å². The quantitative estimate of drug-likeness (QED) is 0.163. The van der Waals surface area contributed by atoms with Gasteiger partial charge in [-0.25, -0.2) is 0 Å². The molecule has 150 valence electrons. The van der Waals surface area contributed by atoms with Gasteiger partial charge < -0.3 is 12.4 Å². The monoisotopic (exact) mass is 384 g/mol. The highest BCUT2D eigenvalue weighted by molar-refractivity contribution is 5.13. The summed E-state index contributed by atoms with van der Waals surface area (Å²) >= 11 is 0. The maximum atomic E-state index is 11.6. The topological polar surface area (TPSA) is 43.1 Å². The van der Waals surface area contributed by atoms with Gasteiger partial charge in [0, 0.05) is 5.56 Å². The number of nitrogens with zero attached hydrogens (tertiary/aromatic N) is 2. The Labute approximate surface area is 166 Å². The zero-order valence-corrected chi connectivity index (χ0v) is 17.6. The molecule has 0 amide bonds. The molecule has 26 heavy (non-hydrogen) atoms. The first-order valence-corrected chi connectivity index (χ1v) is 9.97. The van der Waals surface area contributed by atoms with E-state index in [1.54, 1.807) is 0 Å². The van der Waals surface area contributed by atoms with E-state index in [0.717, 1.165) is 18.4 Å². The molecule has 0 fully saturated rings. The number of hydrogen-bond acceptors (Lipinski definition) is 2. The summed E-state index contributed by atoms with van der Waals surface area (Å²) in [6, 6.07) is 10.1. The first-order valence-electron chi connectivity index (χ1n) is 9.97. The van der Waals surface area contributed by atoms with Crippen LogP contribution in [0.3, 0.4) is 0 Å². The summed E-state index contributed by atoms with van der Waals surface area (Å²) in [4.78, 5) is 11.5. The average molecular weight is 385 g/mol. The molecule has 0 aliphatic rings. The first-order chi connectivity index (χ1) is 12.0. The molecule has 4 nitrogen and oxygen atoms in total. The van der Waals surface area contributed by atoms with E-state index in [4.69, 9.17) is 0 Å². The Kier molecular flexibility index (Phi) is 13.4. The third kappa shape index (κ3) is 10.1. The van der Waals surface area contributed by atoms with Gasteiger partial charge in [0.25, 0.3) is 0 Å². The number of halogens is 1. The predicted octanol–water partition coefficient (Wildman–Crippen LogP) is 2.79. The third-order valence-corrected chi connectivity index (χ3v) is 5.05. The Hall–Kier alpha value is -1.13. The van der Waals surface area contributed by atoms with Crippen molar-refractivity contribution >= 4 is 0 Å². The van der Waals surface area contributed by atoms with Crippen LogP contribution in [0.5, 0.6) is 0 Å². The Bertz CT molecular complexity index is 480. The maximum Gasteiger partial charge on any atom is 0.336 e. The molecule has 0 radical (unpaired) electrons. The highest BCUT2D eigenvalue weighted by atomic mass is 35.5. The molecule has 0 saturated carbocycles. The highest BCUT2D eigenvalue weighted by Gasteiger charge is 2.37. The molecule has 1 unspecified atom stereocenters. The van der Waals surface area contributed by atoms with Crippen molar-refractivity contribution in [2.24, 2.45) is 0 Å². The summed E-state index contributed by atoms with van der Waals surface area (Å²) < 4.78 is 0.411. The van der Waals surface area contributed by atoms with E-state index in [1.165, 1.54) is 44.9 Å². The molecule has 1 rings (SSSR count). The van der Waals surface area contributed by atoms with Gasteiger partial charge >= 0.3 is 6.17 Å². The van der Waals surface area contributed by atoms with Gasteiger partial charge in [-0.15, -0.1) is 0 Å². The second-order valence-corrected chi connectivity index (χ2v) is 7.81. The van der Waals surface area contributed by atoms with Crippen molar-refractivity contribution in [3.8, 4) is 0 Å². The van der Waals surface area contributed by atoms with Crippen LogP contribution in [0.1, 0.15) is 76.7 Å². The summed E-state index contributed by atoms with van der Waals surface area (Å²) in [5.41, 5.74) is 1.16. The maximum absolute atomic E-state index is 11.6. The van der Waals surface area contributed by atoms with E-state index in [9.17, 15) is 10.1 Å². The zero-order valence-electron chi connectivity index (χ0n) is 16.8. The van der Waals surface area contributed by atoms with Crippen LogP contribution in [0, 0.1) is 10.1 Å². The summed E-state index contributed by atoms with van der Waals surface area (Å²) in [5, 5.41) is 11.6. The van der Waals surface area contributed by atoms with E-state index < -0.39 is 6.17 Å². The average Bonchev–Trinajstić information content (AvgIpc) is 2.56. The lowest BCUT2D eigenvalue weighted by molar-refractivity contribution is -1.00. The van der Waals surface area contributed by atoms with Gasteiger partial charge in [-0.3, -0.25) is 14.6 Å². The Morgan fingerprint density at radius 2 is 1.42 bits per heavy atom. The number of benzene rings is 1. The van der Waals surface area contributed by atoms with Crippen molar-refractivity contribution in [3.63, 3.8) is 0 Å². The largest absolute Gasteiger partial charge is 1.00 e. The number of hydrogen-bond donors (Lipinski definition) is 0. The summed E-state index contributed by atoms with van der Waals surface area (Å²) in [6.07, 6.45) is 11.3. The van der Waals surface area contributed by atoms with Gasteiger partial charge in [0.2, 0.25) is 0 Å². The molecule has 0 heterocycles. The lowest BCUT2D eigenvalue weighted by atomic mass is 10.1. The van der Waals surface area contributed by atoms with E-state index in [-0.39, 0.29) is 17.3 Å². The van der Waals surface area contributed by atoms with Crippen LogP contribution in [0.2, 0.25) is 0 Å². The van der Waals surface area contributed by atoms with Gasteiger partial charge in [-0.2, -0.15) is 0 Å². The van der Waals surface area contributed by atoms with Crippen LogP contribution in [0.25, 0.3) is 0 Å². The van der Waals surface area contributed by atoms with Crippen LogP contribution in [0.4, 0.5) is 0 Å². The molecule has 0 aliphatic heterocycles. The molecule has 1 atom stereocenters. The summed E-state index contributed by atoms with van der Waals surface area (Å²) in [6.45, 7) is 2.94. The van der Waals surface area contributed by atoms with Gasteiger partial charge in [-0.05, 0) is 6.42 Å². The molecule has 0 spiro atoms. The van der Waals surface area contributed by atoms with Crippen molar-refractivity contribution in [3.05, 3.63) is 46.0 Å². The molecule has 0 bridgehead atoms. The fraction of sp³-hybridized carbons (Fsp3) is 0.714. The zero-order chi connectivity index (χ0) is 18.5. The van der Waals surface area contributed by atoms with Gasteiger partial charge in [0.05, 0.1) is 25.4 Å². The number of unbranched alkanes of at least 4 members (excludes halogenated alkanes) is 8. The van der Waals surface area contributed by atoms with Gasteiger partial charge in [0.15, 0.2) is 0 Å². The van der Waals surface area contributed by atoms with Crippen LogP contribution in [-0.4, -0.2) is 29.7 Å². The standard InChI is InChI=1S/C21H37N2O2.ClH/c1-4-5-6-7-8-9-10-11-15-18-21(22(24)25)23(2,3)19-20-16-13-12-14-17-20;/h12-14,16-17,21H,4-11,15,18-19H2,1-3H3;1H/q+1;/p-1. The van der Waals surface area contributed by atoms with Crippen molar-refractivity contribution < 1.29 is 21.8 Å². The first kappa shape index (κ1) is 24.9. The lowest BCUT2D eigenvalue weighted by Gasteiger charge is -2.32. The molecule has 1 aromatic rings.